The third-order valence-electron chi connectivity index (χ3n) is 4.66. The molecule has 1 amide bonds. The van der Waals surface area contributed by atoms with Crippen LogP contribution in [0.2, 0.25) is 0 Å². The van der Waals surface area contributed by atoms with Gasteiger partial charge in [0.2, 0.25) is 0 Å². The van der Waals surface area contributed by atoms with E-state index < -0.39 is 17.5 Å². The van der Waals surface area contributed by atoms with Crippen molar-refractivity contribution in [2.24, 2.45) is 0 Å². The van der Waals surface area contributed by atoms with Crippen LogP contribution in [0.3, 0.4) is 0 Å². The first-order valence-corrected chi connectivity index (χ1v) is 9.98. The number of anilines is 1. The van der Waals surface area contributed by atoms with E-state index in [9.17, 15) is 4.79 Å². The fourth-order valence-corrected chi connectivity index (χ4v) is 3.21. The minimum atomic E-state index is -0.583. The van der Waals surface area contributed by atoms with Gasteiger partial charge in [-0.05, 0) is 76.4 Å². The van der Waals surface area contributed by atoms with Crippen molar-refractivity contribution in [3.05, 3.63) is 58.3 Å². The molecule has 0 radical (unpaired) electrons. The number of hydrogen-bond acceptors (Lipinski definition) is 3. The minimum absolute atomic E-state index is 0.00241. The number of rotatable bonds is 7. The smallest absolute Gasteiger partial charge is 0.286 e. The molecular formula is C24H30F2N2O2. The highest BCUT2D eigenvalue weighted by Gasteiger charge is 2.22. The highest BCUT2D eigenvalue weighted by molar-refractivity contribution is 5.96. The molecule has 2 N–H and O–H groups in total. The van der Waals surface area contributed by atoms with Gasteiger partial charge in [-0.25, -0.2) is 8.78 Å². The summed E-state index contributed by atoms with van der Waals surface area (Å²) < 4.78 is 35.7. The van der Waals surface area contributed by atoms with Gasteiger partial charge in [-0.15, -0.1) is 0 Å². The second-order valence-corrected chi connectivity index (χ2v) is 7.88. The summed E-state index contributed by atoms with van der Waals surface area (Å²) >= 11 is 0. The van der Waals surface area contributed by atoms with Gasteiger partial charge >= 0.3 is 0 Å². The van der Waals surface area contributed by atoms with E-state index in [4.69, 9.17) is 4.74 Å². The number of carbonyl (C=O) groups excluding carboxylic acids is 1. The average molecular weight is 417 g/mol. The van der Waals surface area contributed by atoms with Crippen molar-refractivity contribution in [2.75, 3.05) is 12.4 Å². The molecule has 0 atom stereocenters. The maximum Gasteiger partial charge on any atom is 0.286 e. The van der Waals surface area contributed by atoms with E-state index in [-0.39, 0.29) is 40.1 Å². The Balaban J connectivity index is 2.54. The molecule has 0 fully saturated rings. The average Bonchev–Trinajstić information content (AvgIpc) is 2.67. The van der Waals surface area contributed by atoms with E-state index in [2.05, 4.69) is 10.6 Å². The molecule has 0 saturated heterocycles. The predicted octanol–water partition coefficient (Wildman–Crippen LogP) is 5.58. The number of carbonyl (C=O) groups is 1. The summed E-state index contributed by atoms with van der Waals surface area (Å²) in [6.07, 6.45) is 1.25. The Morgan fingerprint density at radius 2 is 1.57 bits per heavy atom. The van der Waals surface area contributed by atoms with E-state index in [1.807, 2.05) is 26.0 Å². The van der Waals surface area contributed by atoms with E-state index in [0.717, 1.165) is 5.69 Å². The fraction of sp³-hybridized carbons (Fsp3) is 0.375. The largest absolute Gasteiger partial charge is 0.491 e. The molecule has 162 valence electrons. The van der Waals surface area contributed by atoms with E-state index >= 15 is 8.78 Å². The first-order chi connectivity index (χ1) is 14.1. The van der Waals surface area contributed by atoms with Crippen LogP contribution in [-0.2, 0) is 9.53 Å². The van der Waals surface area contributed by atoms with Gasteiger partial charge in [-0.3, -0.25) is 4.79 Å². The van der Waals surface area contributed by atoms with Crippen LogP contribution in [-0.4, -0.2) is 25.1 Å². The van der Waals surface area contributed by atoms with Crippen LogP contribution in [0.1, 0.15) is 44.4 Å². The maximum absolute atomic E-state index is 15.3. The van der Waals surface area contributed by atoms with Gasteiger partial charge in [0.25, 0.3) is 5.91 Å². The molecule has 0 aliphatic rings. The van der Waals surface area contributed by atoms with E-state index in [1.54, 1.807) is 26.0 Å². The summed E-state index contributed by atoms with van der Waals surface area (Å²) in [6, 6.07) is 7.37. The molecule has 30 heavy (non-hydrogen) atoms. The van der Waals surface area contributed by atoms with Crippen LogP contribution >= 0.6 is 0 Å². The lowest BCUT2D eigenvalue weighted by molar-refractivity contribution is -0.120. The third-order valence-corrected chi connectivity index (χ3v) is 4.66. The number of hydrogen-bond donors (Lipinski definition) is 2. The Labute approximate surface area is 177 Å². The summed E-state index contributed by atoms with van der Waals surface area (Å²) in [4.78, 5) is 12.3. The van der Waals surface area contributed by atoms with Crippen molar-refractivity contribution in [1.82, 2.24) is 5.32 Å². The Kier molecular flexibility index (Phi) is 7.59. The monoisotopic (exact) mass is 416 g/mol. The molecule has 0 aromatic heterocycles. The minimum Gasteiger partial charge on any atom is -0.491 e. The molecular weight excluding hydrogens is 386 g/mol. The van der Waals surface area contributed by atoms with Crippen LogP contribution in [0, 0.1) is 25.5 Å². The molecule has 2 rings (SSSR count). The zero-order valence-corrected chi connectivity index (χ0v) is 18.6. The summed E-state index contributed by atoms with van der Waals surface area (Å²) in [5.74, 6) is -1.67. The maximum atomic E-state index is 15.3. The van der Waals surface area contributed by atoms with Crippen molar-refractivity contribution < 1.29 is 18.3 Å². The lowest BCUT2D eigenvalue weighted by Crippen LogP contribution is -2.31. The van der Waals surface area contributed by atoms with Crippen molar-refractivity contribution in [2.45, 2.75) is 53.6 Å². The molecule has 0 bridgehead atoms. The number of amides is 1. The van der Waals surface area contributed by atoms with Gasteiger partial charge < -0.3 is 15.4 Å². The first-order valence-electron chi connectivity index (χ1n) is 9.98. The van der Waals surface area contributed by atoms with Gasteiger partial charge in [0.05, 0.1) is 7.11 Å². The molecule has 0 spiro atoms. The number of halogens is 2. The van der Waals surface area contributed by atoms with Crippen molar-refractivity contribution >= 4 is 17.7 Å². The SMILES string of the molecule is COC(=Cc1c(C)c(F)c(-c2ccc(NC(C)C)cc2)c(C)c1F)C(=O)NC(C)C. The predicted molar refractivity (Wildman–Crippen MR) is 118 cm³/mol. The van der Waals surface area contributed by atoms with Crippen molar-refractivity contribution in [3.8, 4) is 11.1 Å². The number of methoxy groups -OCH3 is 1. The molecule has 0 saturated carbocycles. The second kappa shape index (κ2) is 9.74. The fourth-order valence-electron chi connectivity index (χ4n) is 3.21. The van der Waals surface area contributed by atoms with Crippen LogP contribution in [0.5, 0.6) is 0 Å². The van der Waals surface area contributed by atoms with Gasteiger partial charge in [-0.2, -0.15) is 0 Å². The quantitative estimate of drug-likeness (QED) is 0.458. The van der Waals surface area contributed by atoms with Crippen LogP contribution in [0.25, 0.3) is 17.2 Å². The molecule has 0 aliphatic heterocycles. The normalized spacial score (nSPS) is 11.8. The van der Waals surface area contributed by atoms with Crippen molar-refractivity contribution in [1.29, 1.82) is 0 Å². The molecule has 6 heteroatoms. The van der Waals surface area contributed by atoms with Gasteiger partial charge in [0, 0.05) is 28.9 Å². The summed E-state index contributed by atoms with van der Waals surface area (Å²) in [6.45, 7) is 10.7. The molecule has 2 aromatic rings. The number of benzene rings is 2. The summed E-state index contributed by atoms with van der Waals surface area (Å²) in [5.41, 5.74) is 2.00. The van der Waals surface area contributed by atoms with Crippen LogP contribution in [0.4, 0.5) is 14.5 Å². The number of ether oxygens (including phenoxy) is 1. The van der Waals surface area contributed by atoms with E-state index in [0.29, 0.717) is 5.56 Å². The van der Waals surface area contributed by atoms with Crippen molar-refractivity contribution in [3.63, 3.8) is 0 Å². The summed E-state index contributed by atoms with van der Waals surface area (Å²) in [5, 5.41) is 5.95. The molecule has 0 heterocycles. The lowest BCUT2D eigenvalue weighted by atomic mass is 9.92. The van der Waals surface area contributed by atoms with Gasteiger partial charge in [0.15, 0.2) is 5.76 Å². The Morgan fingerprint density at radius 3 is 2.07 bits per heavy atom. The Bertz CT molecular complexity index is 920. The van der Waals surface area contributed by atoms with Crippen LogP contribution < -0.4 is 10.6 Å². The first kappa shape index (κ1) is 23.4. The Morgan fingerprint density at radius 1 is 0.967 bits per heavy atom. The van der Waals surface area contributed by atoms with E-state index in [1.165, 1.54) is 27.0 Å². The van der Waals surface area contributed by atoms with Crippen LogP contribution in [0.15, 0.2) is 30.0 Å². The highest BCUT2D eigenvalue weighted by Crippen LogP contribution is 2.34. The zero-order chi connectivity index (χ0) is 22.6. The molecule has 0 unspecified atom stereocenters. The zero-order valence-electron chi connectivity index (χ0n) is 18.6. The summed E-state index contributed by atoms with van der Waals surface area (Å²) in [7, 11) is 1.32. The number of nitrogens with one attached hydrogen (secondary N) is 2. The topological polar surface area (TPSA) is 50.4 Å². The third kappa shape index (κ3) is 5.17. The standard InChI is InChI=1S/C24H30F2N2O2/c1-13(2)27-18-10-8-17(9-11-18)21-16(6)22(25)19(15(5)23(21)26)12-20(30-7)24(29)28-14(3)4/h8-14,27H,1-7H3,(H,28,29). The highest BCUT2D eigenvalue weighted by atomic mass is 19.1. The lowest BCUT2D eigenvalue weighted by Gasteiger charge is -2.17. The van der Waals surface area contributed by atoms with Gasteiger partial charge in [0.1, 0.15) is 11.6 Å². The molecule has 2 aromatic carbocycles. The van der Waals surface area contributed by atoms with Gasteiger partial charge in [-0.1, -0.05) is 12.1 Å². The Hall–Kier alpha value is -2.89. The molecule has 0 aliphatic carbocycles. The second-order valence-electron chi connectivity index (χ2n) is 7.88. The molecule has 4 nitrogen and oxygen atoms in total.